The van der Waals surface area contributed by atoms with Gasteiger partial charge in [0.2, 0.25) is 0 Å². The molecule has 4 saturated carbocycles. The lowest BCUT2D eigenvalue weighted by Crippen LogP contribution is -3.00. The predicted octanol–water partition coefficient (Wildman–Crippen LogP) is 0.820. The van der Waals surface area contributed by atoms with E-state index in [1.54, 1.807) is 0 Å². The van der Waals surface area contributed by atoms with Crippen LogP contribution < -0.4 is 18.1 Å². The van der Waals surface area contributed by atoms with E-state index in [4.69, 9.17) is 4.74 Å². The zero-order valence-corrected chi connectivity index (χ0v) is 20.3. The van der Waals surface area contributed by atoms with Gasteiger partial charge in [-0.1, -0.05) is 20.8 Å². The van der Waals surface area contributed by atoms with Crippen molar-refractivity contribution in [3.8, 4) is 0 Å². The Balaban J connectivity index is 0.00000256. The first-order valence-corrected chi connectivity index (χ1v) is 12.3. The quantitative estimate of drug-likeness (QED) is 0.634. The number of methoxy groups -OCH3 is 1. The Morgan fingerprint density at radius 3 is 2.57 bits per heavy atom. The number of fused-ring (bicyclic) bond motifs is 5. The molecule has 4 aliphatic rings. The van der Waals surface area contributed by atoms with Gasteiger partial charge < -0.3 is 28.0 Å². The highest BCUT2D eigenvalue weighted by Gasteiger charge is 2.63. The number of ether oxygens (including phenoxy) is 1. The first-order chi connectivity index (χ1) is 13.7. The van der Waals surface area contributed by atoms with Gasteiger partial charge in [-0.05, 0) is 97.7 Å². The normalized spacial score (nSPS) is 48.5. The summed E-state index contributed by atoms with van der Waals surface area (Å²) in [5, 5.41) is 11.6. The molecular formula is C25H44ClNO3. The van der Waals surface area contributed by atoms with Gasteiger partial charge in [-0.25, -0.2) is 0 Å². The van der Waals surface area contributed by atoms with E-state index in [0.717, 1.165) is 24.7 Å². The molecule has 30 heavy (non-hydrogen) atoms. The molecule has 5 heteroatoms. The fraction of sp³-hybridized carbons (Fsp3) is 0.960. The molecule has 0 radical (unpaired) electrons. The number of carbonyl (C=O) groups excluding carboxylic acids is 1. The highest BCUT2D eigenvalue weighted by atomic mass is 35.5. The van der Waals surface area contributed by atoms with Crippen molar-refractivity contribution in [3.05, 3.63) is 0 Å². The second-order valence-electron chi connectivity index (χ2n) is 11.7. The van der Waals surface area contributed by atoms with Crippen molar-refractivity contribution in [2.24, 2.45) is 46.3 Å². The number of quaternary nitrogens is 1. The maximum atomic E-state index is 11.7. The standard InChI is InChI=1S/C25H43NO3.ClH/c1-15(5-10-23(28)29-4)19-8-9-20-18-7-6-16-13-17(26)11-12-24(16,2)21(18)14-22(27)25(19,20)3;/h15-22,27H,5-14,26H2,1-4H3;1H/t15?,16-,17+,18?,19-,20?,21?,22+,24+,25-;/m1./s1. The number of rotatable bonds is 4. The van der Waals surface area contributed by atoms with Gasteiger partial charge in [0.1, 0.15) is 0 Å². The molecule has 174 valence electrons. The number of halogens is 1. The lowest BCUT2D eigenvalue weighted by molar-refractivity contribution is -0.433. The van der Waals surface area contributed by atoms with Crippen molar-refractivity contribution >= 4 is 5.97 Å². The van der Waals surface area contributed by atoms with E-state index in [1.807, 2.05) is 0 Å². The Hall–Kier alpha value is -0.320. The van der Waals surface area contributed by atoms with Crippen LogP contribution >= 0.6 is 0 Å². The molecule has 0 aromatic carbocycles. The van der Waals surface area contributed by atoms with Crippen LogP contribution in [0, 0.1) is 46.3 Å². The van der Waals surface area contributed by atoms with Crippen molar-refractivity contribution in [1.29, 1.82) is 0 Å². The summed E-state index contributed by atoms with van der Waals surface area (Å²) in [6, 6.07) is 0.634. The van der Waals surface area contributed by atoms with Gasteiger partial charge in [0.05, 0.1) is 19.3 Å². The molecule has 0 saturated heterocycles. The van der Waals surface area contributed by atoms with Gasteiger partial charge in [0.15, 0.2) is 0 Å². The maximum absolute atomic E-state index is 11.7. The van der Waals surface area contributed by atoms with Gasteiger partial charge >= 0.3 is 5.97 Å². The Morgan fingerprint density at radius 1 is 1.13 bits per heavy atom. The summed E-state index contributed by atoms with van der Waals surface area (Å²) < 4.78 is 4.86. The van der Waals surface area contributed by atoms with Crippen LogP contribution in [0.4, 0.5) is 0 Å². The van der Waals surface area contributed by atoms with Gasteiger partial charge in [0.25, 0.3) is 0 Å². The van der Waals surface area contributed by atoms with Gasteiger partial charge in [-0.15, -0.1) is 0 Å². The number of aliphatic hydroxyl groups excluding tert-OH is 1. The molecule has 0 amide bonds. The van der Waals surface area contributed by atoms with Gasteiger partial charge in [-0.3, -0.25) is 4.79 Å². The third kappa shape index (κ3) is 3.73. The molecule has 0 spiro atoms. The van der Waals surface area contributed by atoms with Crippen LogP contribution in [0.1, 0.15) is 85.0 Å². The fourth-order valence-electron chi connectivity index (χ4n) is 8.92. The molecule has 0 aromatic heterocycles. The number of hydrogen-bond donors (Lipinski definition) is 2. The lowest BCUT2D eigenvalue weighted by Gasteiger charge is -2.62. The summed E-state index contributed by atoms with van der Waals surface area (Å²) in [4.78, 5) is 11.7. The van der Waals surface area contributed by atoms with E-state index in [0.29, 0.717) is 41.5 Å². The Kier molecular flexibility index (Phi) is 7.22. The summed E-state index contributed by atoms with van der Waals surface area (Å²) in [6.45, 7) is 7.25. The van der Waals surface area contributed by atoms with Crippen LogP contribution in [0.5, 0.6) is 0 Å². The Labute approximate surface area is 189 Å². The van der Waals surface area contributed by atoms with E-state index in [-0.39, 0.29) is 29.9 Å². The zero-order chi connectivity index (χ0) is 21.0. The predicted molar refractivity (Wildman–Crippen MR) is 114 cm³/mol. The second-order valence-corrected chi connectivity index (χ2v) is 11.7. The summed E-state index contributed by atoms with van der Waals surface area (Å²) in [5.74, 6) is 3.81. The monoisotopic (exact) mass is 441 g/mol. The smallest absolute Gasteiger partial charge is 0.305 e. The average molecular weight is 442 g/mol. The summed E-state index contributed by atoms with van der Waals surface area (Å²) >= 11 is 0. The van der Waals surface area contributed by atoms with E-state index in [9.17, 15) is 9.90 Å². The largest absolute Gasteiger partial charge is 1.00 e. The number of esters is 1. The van der Waals surface area contributed by atoms with Crippen LogP contribution in [0.25, 0.3) is 0 Å². The first kappa shape index (κ1) is 24.3. The van der Waals surface area contributed by atoms with E-state index < -0.39 is 0 Å². The number of carbonyl (C=O) groups is 1. The van der Waals surface area contributed by atoms with E-state index in [1.165, 1.54) is 52.1 Å². The average Bonchev–Trinajstić information content (AvgIpc) is 3.06. The molecular weight excluding hydrogens is 398 g/mol. The van der Waals surface area contributed by atoms with Crippen molar-refractivity contribution < 1.29 is 32.8 Å². The topological polar surface area (TPSA) is 74.2 Å². The van der Waals surface area contributed by atoms with Crippen molar-refractivity contribution in [3.63, 3.8) is 0 Å². The van der Waals surface area contributed by atoms with Crippen LogP contribution in [-0.2, 0) is 9.53 Å². The molecule has 4 unspecified atom stereocenters. The third-order valence-electron chi connectivity index (χ3n) is 10.7. The minimum absolute atomic E-state index is 0. The molecule has 10 atom stereocenters. The molecule has 0 aromatic rings. The maximum Gasteiger partial charge on any atom is 0.305 e. The molecule has 4 nitrogen and oxygen atoms in total. The Bertz CT molecular complexity index is 630. The van der Waals surface area contributed by atoms with Crippen LogP contribution in [0.2, 0.25) is 0 Å². The van der Waals surface area contributed by atoms with Crippen LogP contribution in [-0.4, -0.2) is 30.3 Å². The summed E-state index contributed by atoms with van der Waals surface area (Å²) in [7, 11) is 1.48. The fourth-order valence-corrected chi connectivity index (χ4v) is 8.92. The first-order valence-electron chi connectivity index (χ1n) is 12.3. The third-order valence-corrected chi connectivity index (χ3v) is 10.7. The molecule has 4 fully saturated rings. The van der Waals surface area contributed by atoms with E-state index in [2.05, 4.69) is 26.5 Å². The van der Waals surface area contributed by atoms with Gasteiger partial charge in [0, 0.05) is 12.8 Å². The minimum atomic E-state index is -0.199. The molecule has 0 aliphatic heterocycles. The number of hydrogen-bond acceptors (Lipinski definition) is 3. The summed E-state index contributed by atoms with van der Waals surface area (Å²) in [5.41, 5.74) is 4.81. The molecule has 0 bridgehead atoms. The van der Waals surface area contributed by atoms with Crippen molar-refractivity contribution in [2.45, 2.75) is 97.1 Å². The van der Waals surface area contributed by atoms with Crippen LogP contribution in [0.3, 0.4) is 0 Å². The minimum Gasteiger partial charge on any atom is -1.00 e. The number of aliphatic hydroxyl groups is 1. The Morgan fingerprint density at radius 2 is 1.87 bits per heavy atom. The highest BCUT2D eigenvalue weighted by Crippen LogP contribution is 2.68. The van der Waals surface area contributed by atoms with Crippen LogP contribution in [0.15, 0.2) is 0 Å². The molecule has 4 N–H and O–H groups in total. The highest BCUT2D eigenvalue weighted by molar-refractivity contribution is 5.69. The van der Waals surface area contributed by atoms with Crippen molar-refractivity contribution in [2.75, 3.05) is 7.11 Å². The molecule has 4 rings (SSSR count). The SMILES string of the molecule is COC(=O)CCC(C)[C@H]1CCC2C3CC[C@@H]4C[C@@H]([NH3+])CC[C@]4(C)C3C[C@H](O)[C@@]21C.[Cl-]. The van der Waals surface area contributed by atoms with E-state index >= 15 is 0 Å². The summed E-state index contributed by atoms with van der Waals surface area (Å²) in [6.07, 6.45) is 11.2. The van der Waals surface area contributed by atoms with Crippen molar-refractivity contribution in [1.82, 2.24) is 0 Å². The van der Waals surface area contributed by atoms with Gasteiger partial charge in [-0.2, -0.15) is 0 Å². The second kappa shape index (κ2) is 8.90. The molecule has 4 aliphatic carbocycles. The molecule has 0 heterocycles. The lowest BCUT2D eigenvalue weighted by atomic mass is 9.43. The zero-order valence-electron chi connectivity index (χ0n) is 19.5.